The van der Waals surface area contributed by atoms with Gasteiger partial charge in [0.25, 0.3) is 0 Å². The fourth-order valence-electron chi connectivity index (χ4n) is 0.364. The van der Waals surface area contributed by atoms with Gasteiger partial charge >= 0.3 is 5.97 Å². The third-order valence-electron chi connectivity index (χ3n) is 0.889. The molecule has 1 unspecified atom stereocenters. The first-order valence-corrected chi connectivity index (χ1v) is 2.80. The molecule has 0 fully saturated rings. The Morgan fingerprint density at radius 1 is 1.73 bits per heavy atom. The molecule has 5 heteroatoms. The predicted molar refractivity (Wildman–Crippen MR) is 36.4 cm³/mol. The molecule has 0 heterocycles. The molecule has 1 atom stereocenters. The standard InChI is InChI=1S/C6H9NO4/c1-3-4(8)7-5(9)6(10)11-2/h3,5,9H,1H2,2H3,(H,7,8). The number of carbonyl (C=O) groups excluding carboxylic acids is 2. The van der Waals surface area contributed by atoms with E-state index in [9.17, 15) is 9.59 Å². The number of nitrogens with one attached hydrogen (secondary N) is 1. The van der Waals surface area contributed by atoms with Gasteiger partial charge in [0.05, 0.1) is 7.11 Å². The number of rotatable bonds is 3. The second-order valence-corrected chi connectivity index (χ2v) is 1.64. The molecule has 0 saturated carbocycles. The zero-order valence-electron chi connectivity index (χ0n) is 6.03. The second-order valence-electron chi connectivity index (χ2n) is 1.64. The van der Waals surface area contributed by atoms with Gasteiger partial charge in [-0.3, -0.25) is 4.79 Å². The number of methoxy groups -OCH3 is 1. The molecule has 0 aromatic heterocycles. The van der Waals surface area contributed by atoms with Gasteiger partial charge in [-0.15, -0.1) is 0 Å². The summed E-state index contributed by atoms with van der Waals surface area (Å²) in [5.41, 5.74) is 0. The molecule has 0 spiro atoms. The van der Waals surface area contributed by atoms with E-state index in [4.69, 9.17) is 5.11 Å². The lowest BCUT2D eigenvalue weighted by atomic mass is 10.5. The highest BCUT2D eigenvalue weighted by molar-refractivity contribution is 5.90. The molecule has 0 aliphatic heterocycles. The van der Waals surface area contributed by atoms with Crippen LogP contribution in [0.4, 0.5) is 0 Å². The highest BCUT2D eigenvalue weighted by atomic mass is 16.5. The fraction of sp³-hybridized carbons (Fsp3) is 0.333. The summed E-state index contributed by atoms with van der Waals surface area (Å²) in [5, 5.41) is 10.7. The number of esters is 1. The molecule has 0 rings (SSSR count). The second kappa shape index (κ2) is 4.45. The SMILES string of the molecule is C=CC(=O)NC(O)C(=O)OC. The summed E-state index contributed by atoms with van der Waals surface area (Å²) >= 11 is 0. The number of amides is 1. The molecule has 0 aromatic carbocycles. The van der Waals surface area contributed by atoms with Crippen molar-refractivity contribution in [2.45, 2.75) is 6.23 Å². The molecule has 2 N–H and O–H groups in total. The van der Waals surface area contributed by atoms with Gasteiger partial charge in [0.15, 0.2) is 0 Å². The van der Waals surface area contributed by atoms with Crippen molar-refractivity contribution >= 4 is 11.9 Å². The van der Waals surface area contributed by atoms with Crippen LogP contribution in [0.15, 0.2) is 12.7 Å². The summed E-state index contributed by atoms with van der Waals surface area (Å²) in [6.07, 6.45) is -0.683. The number of hydrogen-bond acceptors (Lipinski definition) is 4. The third-order valence-corrected chi connectivity index (χ3v) is 0.889. The van der Waals surface area contributed by atoms with Crippen molar-refractivity contribution in [3.8, 4) is 0 Å². The van der Waals surface area contributed by atoms with Gasteiger partial charge in [0.1, 0.15) is 0 Å². The number of hydrogen-bond donors (Lipinski definition) is 2. The van der Waals surface area contributed by atoms with Crippen LogP contribution >= 0.6 is 0 Å². The highest BCUT2D eigenvalue weighted by Crippen LogP contribution is 1.81. The van der Waals surface area contributed by atoms with Crippen molar-refractivity contribution in [1.82, 2.24) is 5.32 Å². The molecular formula is C6H9NO4. The van der Waals surface area contributed by atoms with Crippen molar-refractivity contribution in [2.24, 2.45) is 0 Å². The average molecular weight is 159 g/mol. The van der Waals surface area contributed by atoms with Crippen molar-refractivity contribution in [1.29, 1.82) is 0 Å². The van der Waals surface area contributed by atoms with Crippen molar-refractivity contribution in [3.63, 3.8) is 0 Å². The van der Waals surface area contributed by atoms with Crippen LogP contribution in [0.2, 0.25) is 0 Å². The van der Waals surface area contributed by atoms with E-state index in [0.717, 1.165) is 13.2 Å². The van der Waals surface area contributed by atoms with Gasteiger partial charge in [-0.1, -0.05) is 6.58 Å². The minimum atomic E-state index is -1.62. The van der Waals surface area contributed by atoms with E-state index in [0.29, 0.717) is 0 Å². The maximum Gasteiger partial charge on any atom is 0.356 e. The normalized spacial score (nSPS) is 11.5. The number of carbonyl (C=O) groups is 2. The highest BCUT2D eigenvalue weighted by Gasteiger charge is 2.15. The smallest absolute Gasteiger partial charge is 0.356 e. The van der Waals surface area contributed by atoms with Gasteiger partial charge in [-0.2, -0.15) is 0 Å². The van der Waals surface area contributed by atoms with Gasteiger partial charge < -0.3 is 15.2 Å². The minimum absolute atomic E-state index is 0.636. The minimum Gasteiger partial charge on any atom is -0.466 e. The largest absolute Gasteiger partial charge is 0.466 e. The molecule has 0 bridgehead atoms. The predicted octanol–water partition coefficient (Wildman–Crippen LogP) is -1.22. The van der Waals surface area contributed by atoms with Crippen molar-refractivity contribution < 1.29 is 19.4 Å². The van der Waals surface area contributed by atoms with Crippen LogP contribution in [-0.4, -0.2) is 30.3 Å². The first-order chi connectivity index (χ1) is 5.11. The summed E-state index contributed by atoms with van der Waals surface area (Å²) < 4.78 is 4.12. The van der Waals surface area contributed by atoms with E-state index in [2.05, 4.69) is 11.3 Å². The van der Waals surface area contributed by atoms with Crippen LogP contribution in [0, 0.1) is 0 Å². The summed E-state index contributed by atoms with van der Waals surface area (Å²) in [6.45, 7) is 3.12. The van der Waals surface area contributed by atoms with Crippen LogP contribution in [0.3, 0.4) is 0 Å². The van der Waals surface area contributed by atoms with E-state index in [-0.39, 0.29) is 0 Å². The van der Waals surface area contributed by atoms with Crippen LogP contribution < -0.4 is 5.32 Å². The van der Waals surface area contributed by atoms with Crippen LogP contribution in [0.1, 0.15) is 0 Å². The Labute approximate surface area is 63.7 Å². The average Bonchev–Trinajstić information content (AvgIpc) is 2.02. The summed E-state index contributed by atoms with van der Waals surface area (Å²) in [7, 11) is 1.10. The summed E-state index contributed by atoms with van der Waals surface area (Å²) in [5.74, 6) is -1.55. The van der Waals surface area contributed by atoms with Crippen LogP contribution in [0.5, 0.6) is 0 Å². The van der Waals surface area contributed by atoms with E-state index in [1.165, 1.54) is 0 Å². The number of ether oxygens (including phenoxy) is 1. The molecule has 5 nitrogen and oxygen atoms in total. The maximum absolute atomic E-state index is 10.4. The molecule has 0 radical (unpaired) electrons. The van der Waals surface area contributed by atoms with Crippen LogP contribution in [-0.2, 0) is 14.3 Å². The Bertz CT molecular complexity index is 177. The Hall–Kier alpha value is -1.36. The molecular weight excluding hydrogens is 150 g/mol. The Kier molecular flexibility index (Phi) is 3.90. The lowest BCUT2D eigenvalue weighted by Crippen LogP contribution is -2.40. The van der Waals surface area contributed by atoms with E-state index < -0.39 is 18.1 Å². The molecule has 0 aromatic rings. The zero-order valence-corrected chi connectivity index (χ0v) is 6.03. The molecule has 0 saturated heterocycles. The van der Waals surface area contributed by atoms with Gasteiger partial charge in [-0.25, -0.2) is 4.79 Å². The molecule has 11 heavy (non-hydrogen) atoms. The fourth-order valence-corrected chi connectivity index (χ4v) is 0.364. The van der Waals surface area contributed by atoms with Crippen molar-refractivity contribution in [3.05, 3.63) is 12.7 Å². The Morgan fingerprint density at radius 2 is 2.27 bits per heavy atom. The quantitative estimate of drug-likeness (QED) is 0.307. The topological polar surface area (TPSA) is 75.6 Å². The first-order valence-electron chi connectivity index (χ1n) is 2.80. The lowest BCUT2D eigenvalue weighted by molar-refractivity contribution is -0.154. The summed E-state index contributed by atoms with van der Waals surface area (Å²) in [6, 6.07) is 0. The Morgan fingerprint density at radius 3 is 2.64 bits per heavy atom. The third kappa shape index (κ3) is 3.36. The van der Waals surface area contributed by atoms with E-state index in [1.807, 2.05) is 5.32 Å². The molecule has 0 aliphatic carbocycles. The molecule has 1 amide bonds. The van der Waals surface area contributed by atoms with Crippen molar-refractivity contribution in [2.75, 3.05) is 7.11 Å². The van der Waals surface area contributed by atoms with E-state index >= 15 is 0 Å². The number of aliphatic hydroxyl groups is 1. The van der Waals surface area contributed by atoms with Gasteiger partial charge in [0, 0.05) is 0 Å². The zero-order chi connectivity index (χ0) is 8.85. The maximum atomic E-state index is 10.4. The van der Waals surface area contributed by atoms with Gasteiger partial charge in [0.2, 0.25) is 12.1 Å². The lowest BCUT2D eigenvalue weighted by Gasteiger charge is -2.07. The number of aliphatic hydroxyl groups excluding tert-OH is 1. The first kappa shape index (κ1) is 9.64. The monoisotopic (exact) mass is 159 g/mol. The molecule has 62 valence electrons. The van der Waals surface area contributed by atoms with E-state index in [1.54, 1.807) is 0 Å². The molecule has 0 aliphatic rings. The van der Waals surface area contributed by atoms with Crippen LogP contribution in [0.25, 0.3) is 0 Å². The van der Waals surface area contributed by atoms with Gasteiger partial charge in [-0.05, 0) is 6.08 Å². The summed E-state index contributed by atoms with van der Waals surface area (Å²) in [4.78, 5) is 20.9. The Balaban J connectivity index is 3.86.